The Bertz CT molecular complexity index is 737. The number of methoxy groups -OCH3 is 1. The van der Waals surface area contributed by atoms with Gasteiger partial charge in [0.2, 0.25) is 0 Å². The Morgan fingerprint density at radius 2 is 1.91 bits per heavy atom. The number of nitrogens with one attached hydrogen (secondary N) is 1. The molecular weight excluding hydrogens is 422 g/mol. The smallest absolute Gasteiger partial charge is 0.408 e. The molecule has 4 rings (SSSR count). The lowest BCUT2D eigenvalue weighted by Crippen LogP contribution is -2.57. The van der Waals surface area contributed by atoms with E-state index < -0.39 is 0 Å². The number of amides is 1. The van der Waals surface area contributed by atoms with E-state index in [1.165, 1.54) is 5.57 Å². The molecule has 1 spiro atoms. The standard InChI is InChI=1S/C26H43NO6/c1-17(2)9-10-20-24(5,33-20)22-21(29-6)19(11-14-26(22)16-31-26)32-23(28)27-25(12-7-8-13-25)15-30-18(3)4/h9,18-22H,7-8,10-16H2,1-6H3,(H,27,28)/t19?,20-,21?,22?,24+,26+/m1/s1. The van der Waals surface area contributed by atoms with Crippen LogP contribution in [-0.4, -0.2) is 67.6 Å². The van der Waals surface area contributed by atoms with Crippen molar-refractivity contribution in [3.05, 3.63) is 11.6 Å². The van der Waals surface area contributed by atoms with Crippen LogP contribution in [0.3, 0.4) is 0 Å². The monoisotopic (exact) mass is 465 g/mol. The first-order chi connectivity index (χ1) is 15.6. The van der Waals surface area contributed by atoms with Crippen LogP contribution in [-0.2, 0) is 23.7 Å². The molecule has 0 bridgehead atoms. The van der Waals surface area contributed by atoms with Gasteiger partial charge in [-0.3, -0.25) is 0 Å². The van der Waals surface area contributed by atoms with Crippen LogP contribution in [0, 0.1) is 5.92 Å². The number of rotatable bonds is 9. The Kier molecular flexibility index (Phi) is 7.17. The minimum absolute atomic E-state index is 0.0295. The average Bonchev–Trinajstić information content (AvgIpc) is 3.61. The number of allylic oxidation sites excluding steroid dienone is 1. The van der Waals surface area contributed by atoms with Crippen molar-refractivity contribution in [3.63, 3.8) is 0 Å². The molecule has 2 aliphatic carbocycles. The second kappa shape index (κ2) is 9.48. The molecule has 2 heterocycles. The van der Waals surface area contributed by atoms with Crippen molar-refractivity contribution in [1.82, 2.24) is 5.32 Å². The fraction of sp³-hybridized carbons (Fsp3) is 0.885. The van der Waals surface area contributed by atoms with Crippen LogP contribution in [0.4, 0.5) is 4.79 Å². The predicted octanol–water partition coefficient (Wildman–Crippen LogP) is 4.53. The highest BCUT2D eigenvalue weighted by atomic mass is 16.6. The summed E-state index contributed by atoms with van der Waals surface area (Å²) in [7, 11) is 1.71. The van der Waals surface area contributed by atoms with Gasteiger partial charge in [0, 0.05) is 7.11 Å². The number of hydrogen-bond acceptors (Lipinski definition) is 6. The molecule has 33 heavy (non-hydrogen) atoms. The summed E-state index contributed by atoms with van der Waals surface area (Å²) in [4.78, 5) is 13.1. The quantitative estimate of drug-likeness (QED) is 0.398. The van der Waals surface area contributed by atoms with E-state index in [2.05, 4.69) is 32.2 Å². The summed E-state index contributed by atoms with van der Waals surface area (Å²) in [6, 6.07) is 0. The number of hydrogen-bond donors (Lipinski definition) is 1. The van der Waals surface area contributed by atoms with Crippen LogP contribution >= 0.6 is 0 Å². The van der Waals surface area contributed by atoms with E-state index in [-0.39, 0.29) is 53.2 Å². The molecule has 0 aromatic carbocycles. The van der Waals surface area contributed by atoms with Crippen LogP contribution in [0.5, 0.6) is 0 Å². The van der Waals surface area contributed by atoms with Gasteiger partial charge in [0.15, 0.2) is 0 Å². The molecule has 4 aliphatic rings. The molecule has 7 nitrogen and oxygen atoms in total. The maximum absolute atomic E-state index is 13.1. The van der Waals surface area contributed by atoms with Gasteiger partial charge >= 0.3 is 6.09 Å². The molecule has 2 saturated heterocycles. The second-order valence-corrected chi connectivity index (χ2v) is 11.3. The van der Waals surface area contributed by atoms with Gasteiger partial charge in [-0.05, 0) is 66.7 Å². The number of alkyl carbamates (subject to hydrolysis) is 1. The average molecular weight is 466 g/mol. The zero-order chi connectivity index (χ0) is 23.9. The molecule has 0 aromatic rings. The van der Waals surface area contributed by atoms with E-state index in [1.807, 2.05) is 13.8 Å². The highest BCUT2D eigenvalue weighted by Gasteiger charge is 2.72. The van der Waals surface area contributed by atoms with Gasteiger partial charge in [0.1, 0.15) is 23.4 Å². The van der Waals surface area contributed by atoms with E-state index in [0.29, 0.717) is 6.61 Å². The zero-order valence-electron chi connectivity index (χ0n) is 21.3. The van der Waals surface area contributed by atoms with Crippen molar-refractivity contribution in [3.8, 4) is 0 Å². The molecule has 1 amide bonds. The topological polar surface area (TPSA) is 81.9 Å². The third kappa shape index (κ3) is 5.26. The van der Waals surface area contributed by atoms with Crippen molar-refractivity contribution >= 4 is 6.09 Å². The Labute approximate surface area is 198 Å². The summed E-state index contributed by atoms with van der Waals surface area (Å²) in [5.74, 6) is 0.0295. The molecule has 7 heteroatoms. The summed E-state index contributed by atoms with van der Waals surface area (Å²) in [6.45, 7) is 11.7. The number of carbonyl (C=O) groups excluding carboxylic acids is 1. The Balaban J connectivity index is 1.43. The fourth-order valence-electron chi connectivity index (χ4n) is 6.14. The molecule has 2 saturated carbocycles. The molecule has 188 valence electrons. The van der Waals surface area contributed by atoms with E-state index in [9.17, 15) is 4.79 Å². The SMILES string of the molecule is COC1C(OC(=O)NC2(COC(C)C)CCCC2)CC[C@]2(CO2)C1[C@@]1(C)O[C@@H]1CC=C(C)C. The third-order valence-electron chi connectivity index (χ3n) is 8.12. The Morgan fingerprint density at radius 3 is 2.48 bits per heavy atom. The second-order valence-electron chi connectivity index (χ2n) is 11.3. The molecule has 3 unspecified atom stereocenters. The minimum atomic E-state index is -0.370. The van der Waals surface area contributed by atoms with E-state index in [4.69, 9.17) is 23.7 Å². The van der Waals surface area contributed by atoms with Crippen molar-refractivity contribution in [1.29, 1.82) is 0 Å². The maximum atomic E-state index is 13.1. The van der Waals surface area contributed by atoms with Crippen LogP contribution < -0.4 is 5.32 Å². The summed E-state index contributed by atoms with van der Waals surface area (Å²) in [5, 5.41) is 3.17. The minimum Gasteiger partial charge on any atom is -0.443 e. The van der Waals surface area contributed by atoms with Gasteiger partial charge in [0.05, 0.1) is 36.9 Å². The van der Waals surface area contributed by atoms with Gasteiger partial charge in [-0.1, -0.05) is 24.5 Å². The van der Waals surface area contributed by atoms with Gasteiger partial charge in [-0.25, -0.2) is 4.79 Å². The maximum Gasteiger partial charge on any atom is 0.408 e. The lowest BCUT2D eigenvalue weighted by atomic mass is 9.68. The summed E-state index contributed by atoms with van der Waals surface area (Å²) in [6.07, 6.45) is 8.02. The largest absolute Gasteiger partial charge is 0.443 e. The first-order valence-corrected chi connectivity index (χ1v) is 12.7. The normalized spacial score (nSPS) is 38.9. The summed E-state index contributed by atoms with van der Waals surface area (Å²) in [5.41, 5.74) is 0.403. The van der Waals surface area contributed by atoms with Crippen LogP contribution in [0.15, 0.2) is 11.6 Å². The van der Waals surface area contributed by atoms with E-state index in [0.717, 1.165) is 51.6 Å². The van der Waals surface area contributed by atoms with Gasteiger partial charge < -0.3 is 29.0 Å². The number of epoxide rings is 2. The molecule has 0 aromatic heterocycles. The van der Waals surface area contributed by atoms with Crippen molar-refractivity contribution < 1.29 is 28.5 Å². The molecule has 0 radical (unpaired) electrons. The number of carbonyl (C=O) groups is 1. The first kappa shape index (κ1) is 25.0. The van der Waals surface area contributed by atoms with E-state index >= 15 is 0 Å². The molecule has 6 atom stereocenters. The van der Waals surface area contributed by atoms with Crippen molar-refractivity contribution in [2.24, 2.45) is 5.92 Å². The predicted molar refractivity (Wildman–Crippen MR) is 125 cm³/mol. The van der Waals surface area contributed by atoms with Gasteiger partial charge in [0.25, 0.3) is 0 Å². The molecule has 2 aliphatic heterocycles. The molecule has 4 fully saturated rings. The Morgan fingerprint density at radius 1 is 1.21 bits per heavy atom. The highest BCUT2D eigenvalue weighted by molar-refractivity contribution is 5.68. The van der Waals surface area contributed by atoms with Crippen LogP contribution in [0.2, 0.25) is 0 Å². The van der Waals surface area contributed by atoms with Gasteiger partial charge in [-0.15, -0.1) is 0 Å². The van der Waals surface area contributed by atoms with Crippen molar-refractivity contribution in [2.75, 3.05) is 20.3 Å². The van der Waals surface area contributed by atoms with Crippen molar-refractivity contribution in [2.45, 2.75) is 121 Å². The van der Waals surface area contributed by atoms with Gasteiger partial charge in [-0.2, -0.15) is 0 Å². The van der Waals surface area contributed by atoms with E-state index in [1.54, 1.807) is 7.11 Å². The van der Waals surface area contributed by atoms with Crippen LogP contribution in [0.25, 0.3) is 0 Å². The fourth-order valence-corrected chi connectivity index (χ4v) is 6.14. The zero-order valence-corrected chi connectivity index (χ0v) is 21.3. The summed E-state index contributed by atoms with van der Waals surface area (Å²) < 4.78 is 30.2. The number of ether oxygens (including phenoxy) is 5. The molecular formula is C26H43NO6. The lowest BCUT2D eigenvalue weighted by molar-refractivity contribution is -0.119. The third-order valence-corrected chi connectivity index (χ3v) is 8.12. The van der Waals surface area contributed by atoms with Crippen LogP contribution in [0.1, 0.15) is 79.6 Å². The Hall–Kier alpha value is -1.15. The summed E-state index contributed by atoms with van der Waals surface area (Å²) >= 11 is 0. The first-order valence-electron chi connectivity index (χ1n) is 12.7. The molecule has 1 N–H and O–H groups in total. The highest BCUT2D eigenvalue weighted by Crippen LogP contribution is 2.59. The lowest BCUT2D eigenvalue weighted by Gasteiger charge is -2.43.